The molecule has 34 heavy (non-hydrogen) atoms. The average molecular weight is 460 g/mol. The number of methoxy groups -OCH3 is 1. The van der Waals surface area contributed by atoms with Gasteiger partial charge >= 0.3 is 5.97 Å². The van der Waals surface area contributed by atoms with Gasteiger partial charge in [-0.05, 0) is 23.8 Å². The van der Waals surface area contributed by atoms with Gasteiger partial charge in [0, 0.05) is 26.0 Å². The second-order valence-corrected chi connectivity index (χ2v) is 7.89. The number of fused-ring (bicyclic) bond motifs is 1. The van der Waals surface area contributed by atoms with Crippen LogP contribution in [0.25, 0.3) is 0 Å². The summed E-state index contributed by atoms with van der Waals surface area (Å²) in [6, 6.07) is 16.2. The number of carbonyl (C=O) groups excluding carboxylic acids is 3. The van der Waals surface area contributed by atoms with Crippen LogP contribution in [0.4, 0.5) is 5.69 Å². The van der Waals surface area contributed by atoms with Gasteiger partial charge in [-0.15, -0.1) is 0 Å². The quantitative estimate of drug-likeness (QED) is 0.300. The molecule has 0 saturated carbocycles. The van der Waals surface area contributed by atoms with E-state index in [-0.39, 0.29) is 30.4 Å². The molecule has 1 aliphatic heterocycles. The first-order valence-corrected chi connectivity index (χ1v) is 10.8. The number of benzene rings is 2. The predicted molar refractivity (Wildman–Crippen MR) is 124 cm³/mol. The van der Waals surface area contributed by atoms with Gasteiger partial charge in [0.1, 0.15) is 23.8 Å². The van der Waals surface area contributed by atoms with Gasteiger partial charge in [-0.2, -0.15) is 0 Å². The van der Waals surface area contributed by atoms with E-state index in [9.17, 15) is 14.4 Å². The van der Waals surface area contributed by atoms with Crippen LogP contribution in [0.15, 0.2) is 71.3 Å². The molecule has 0 radical (unpaired) electrons. The molecule has 8 heteroatoms. The molecule has 1 atom stereocenters. The molecule has 0 unspecified atom stereocenters. The summed E-state index contributed by atoms with van der Waals surface area (Å²) in [4.78, 5) is 38.8. The largest absolute Gasteiger partial charge is 0.490 e. The molecule has 4 rings (SSSR count). The Bertz CT molecular complexity index is 1230. The lowest BCUT2D eigenvalue weighted by atomic mass is 10.1. The number of ether oxygens (including phenoxy) is 2. The van der Waals surface area contributed by atoms with Crippen molar-refractivity contribution in [1.29, 1.82) is 0 Å². The first kappa shape index (κ1) is 23.0. The number of aromatic nitrogens is 1. The molecule has 1 aromatic heterocycles. The fourth-order valence-corrected chi connectivity index (χ4v) is 3.67. The molecule has 0 spiro atoms. The van der Waals surface area contributed by atoms with Gasteiger partial charge in [-0.1, -0.05) is 47.6 Å². The van der Waals surface area contributed by atoms with Gasteiger partial charge in [0.15, 0.2) is 5.78 Å². The Balaban J connectivity index is 1.39. The predicted octanol–water partition coefficient (Wildman–Crippen LogP) is 3.85. The summed E-state index contributed by atoms with van der Waals surface area (Å²) in [5, 5.41) is 3.88. The molecule has 8 nitrogen and oxygen atoms in total. The maximum atomic E-state index is 12.9. The number of hydrogen-bond acceptors (Lipinski definition) is 7. The number of carbonyl (C=O) groups is 3. The first-order chi connectivity index (χ1) is 16.5. The Morgan fingerprint density at radius 1 is 1.18 bits per heavy atom. The molecule has 1 aliphatic rings. The summed E-state index contributed by atoms with van der Waals surface area (Å²) in [5.41, 5.74) is 2.11. The number of ketones is 1. The standard InChI is InChI=1S/C26H24N2O6/c1-28-22-14-18(26(31)32-2)11-12-24(22)33-16-19(25(28)30)9-6-10-23(29)21-15-20(34-27-21)13-17-7-4-3-5-8-17/h3-9,11-12,14-15,19H,10,13,16H2,1-2H3/b9-6+/t19-/m0/s1. The highest BCUT2D eigenvalue weighted by Crippen LogP contribution is 2.33. The molecule has 0 saturated heterocycles. The van der Waals surface area contributed by atoms with E-state index in [0.29, 0.717) is 29.2 Å². The number of allylic oxidation sites excluding steroid dienone is 1. The minimum atomic E-state index is -0.585. The molecule has 0 fully saturated rings. The Morgan fingerprint density at radius 2 is 1.97 bits per heavy atom. The molecule has 3 aromatic rings. The zero-order valence-corrected chi connectivity index (χ0v) is 18.9. The summed E-state index contributed by atoms with van der Waals surface area (Å²) in [6.45, 7) is 0.115. The third kappa shape index (κ3) is 5.06. The number of Topliss-reactive ketones (excluding diaryl/α,β-unsaturated/α-hetero) is 1. The Labute approximate surface area is 196 Å². The van der Waals surface area contributed by atoms with Gasteiger partial charge in [-0.25, -0.2) is 4.79 Å². The normalized spacial score (nSPS) is 15.5. The van der Waals surface area contributed by atoms with Crippen LogP contribution in [0.5, 0.6) is 5.75 Å². The summed E-state index contributed by atoms with van der Waals surface area (Å²) in [5.74, 6) is -0.405. The zero-order chi connectivity index (χ0) is 24.1. The van der Waals surface area contributed by atoms with Gasteiger partial charge in [0.05, 0.1) is 24.3 Å². The molecule has 1 amide bonds. The van der Waals surface area contributed by atoms with E-state index in [2.05, 4.69) is 5.16 Å². The van der Waals surface area contributed by atoms with Crippen LogP contribution in [-0.2, 0) is 16.0 Å². The molecule has 0 N–H and O–H groups in total. The SMILES string of the molecule is COC(=O)c1ccc2c(c1)N(C)C(=O)[C@@H](/C=C/CC(=O)c1cc(Cc3ccccc3)on1)CO2. The van der Waals surface area contributed by atoms with Crippen LogP contribution in [-0.4, -0.2) is 43.6 Å². The molecule has 2 heterocycles. The van der Waals surface area contributed by atoms with E-state index in [0.717, 1.165) is 5.56 Å². The number of hydrogen-bond donors (Lipinski definition) is 0. The monoisotopic (exact) mass is 460 g/mol. The van der Waals surface area contributed by atoms with Crippen molar-refractivity contribution in [3.8, 4) is 5.75 Å². The lowest BCUT2D eigenvalue weighted by Crippen LogP contribution is -2.32. The van der Waals surface area contributed by atoms with Crippen molar-refractivity contribution in [3.63, 3.8) is 0 Å². The molecular formula is C26H24N2O6. The Hall–Kier alpha value is -4.20. The number of anilines is 1. The lowest BCUT2D eigenvalue weighted by molar-refractivity contribution is -0.121. The van der Waals surface area contributed by atoms with E-state index in [1.165, 1.54) is 12.0 Å². The van der Waals surface area contributed by atoms with Gasteiger partial charge < -0.3 is 18.9 Å². The van der Waals surface area contributed by atoms with Crippen molar-refractivity contribution in [2.75, 3.05) is 25.7 Å². The fraction of sp³-hybridized carbons (Fsp3) is 0.231. The molecule has 0 aliphatic carbocycles. The van der Waals surface area contributed by atoms with Crippen LogP contribution in [0.1, 0.15) is 38.6 Å². The van der Waals surface area contributed by atoms with Crippen molar-refractivity contribution in [1.82, 2.24) is 5.16 Å². The highest BCUT2D eigenvalue weighted by Gasteiger charge is 2.28. The summed E-state index contributed by atoms with van der Waals surface area (Å²) < 4.78 is 15.8. The number of rotatable bonds is 7. The van der Waals surface area contributed by atoms with Gasteiger partial charge in [0.25, 0.3) is 0 Å². The third-order valence-electron chi connectivity index (χ3n) is 5.55. The second kappa shape index (κ2) is 10.2. The highest BCUT2D eigenvalue weighted by molar-refractivity contribution is 6.00. The summed E-state index contributed by atoms with van der Waals surface area (Å²) >= 11 is 0. The smallest absolute Gasteiger partial charge is 0.337 e. The maximum Gasteiger partial charge on any atom is 0.337 e. The number of amides is 1. The van der Waals surface area contributed by atoms with Crippen molar-refractivity contribution in [3.05, 3.63) is 89.3 Å². The van der Waals surface area contributed by atoms with Crippen molar-refractivity contribution in [2.24, 2.45) is 5.92 Å². The van der Waals surface area contributed by atoms with Gasteiger partial charge in [0.2, 0.25) is 5.91 Å². The molecule has 0 bridgehead atoms. The zero-order valence-electron chi connectivity index (χ0n) is 18.9. The Kier molecular flexibility index (Phi) is 6.87. The first-order valence-electron chi connectivity index (χ1n) is 10.8. The topological polar surface area (TPSA) is 98.9 Å². The van der Waals surface area contributed by atoms with Crippen molar-refractivity contribution < 1.29 is 28.4 Å². The average Bonchev–Trinajstić information content (AvgIpc) is 3.29. The van der Waals surface area contributed by atoms with Gasteiger partial charge in [-0.3, -0.25) is 9.59 Å². The fourth-order valence-electron chi connectivity index (χ4n) is 3.67. The molecule has 2 aromatic carbocycles. The third-order valence-corrected chi connectivity index (χ3v) is 5.55. The highest BCUT2D eigenvalue weighted by atomic mass is 16.5. The van der Waals surface area contributed by atoms with Crippen LogP contribution < -0.4 is 9.64 Å². The second-order valence-electron chi connectivity index (χ2n) is 7.89. The lowest BCUT2D eigenvalue weighted by Gasteiger charge is -2.18. The van der Waals surface area contributed by atoms with Crippen molar-refractivity contribution in [2.45, 2.75) is 12.8 Å². The maximum absolute atomic E-state index is 12.9. The van der Waals surface area contributed by atoms with Crippen LogP contribution >= 0.6 is 0 Å². The van der Waals surface area contributed by atoms with E-state index >= 15 is 0 Å². The molecular weight excluding hydrogens is 436 g/mol. The van der Waals surface area contributed by atoms with E-state index in [4.69, 9.17) is 14.0 Å². The van der Waals surface area contributed by atoms with E-state index in [1.54, 1.807) is 43.5 Å². The Morgan fingerprint density at radius 3 is 2.74 bits per heavy atom. The minimum absolute atomic E-state index is 0.0737. The van der Waals surface area contributed by atoms with E-state index in [1.807, 2.05) is 30.3 Å². The van der Waals surface area contributed by atoms with Crippen LogP contribution in [0, 0.1) is 5.92 Å². The number of nitrogens with zero attached hydrogens (tertiary/aromatic N) is 2. The number of esters is 1. The molecule has 174 valence electrons. The summed E-state index contributed by atoms with van der Waals surface area (Å²) in [6.07, 6.45) is 3.93. The minimum Gasteiger partial charge on any atom is -0.490 e. The van der Waals surface area contributed by atoms with Crippen LogP contribution in [0.2, 0.25) is 0 Å². The van der Waals surface area contributed by atoms with Crippen molar-refractivity contribution >= 4 is 23.3 Å². The summed E-state index contributed by atoms with van der Waals surface area (Å²) in [7, 11) is 2.91. The van der Waals surface area contributed by atoms with Crippen LogP contribution in [0.3, 0.4) is 0 Å². The van der Waals surface area contributed by atoms with E-state index < -0.39 is 11.9 Å².